The first kappa shape index (κ1) is 20.7. The lowest BCUT2D eigenvalue weighted by Gasteiger charge is -2.17. The van der Waals surface area contributed by atoms with E-state index in [0.717, 1.165) is 40.0 Å². The average molecular weight is 420 g/mol. The Morgan fingerprint density at radius 3 is 2.55 bits per heavy atom. The minimum absolute atomic E-state index is 0.0676. The van der Waals surface area contributed by atoms with Gasteiger partial charge in [0, 0.05) is 43.0 Å². The third-order valence-corrected chi connectivity index (χ3v) is 5.59. The molecule has 3 heterocycles. The van der Waals surface area contributed by atoms with Crippen LogP contribution >= 0.6 is 0 Å². The van der Waals surface area contributed by atoms with Gasteiger partial charge in [0.2, 0.25) is 5.91 Å². The zero-order valence-electron chi connectivity index (χ0n) is 18.1. The molecule has 0 aliphatic heterocycles. The molecule has 0 spiro atoms. The summed E-state index contributed by atoms with van der Waals surface area (Å²) >= 11 is 0. The molecule has 0 aliphatic rings. The Morgan fingerprint density at radius 1 is 1.13 bits per heavy atom. The van der Waals surface area contributed by atoms with Crippen LogP contribution in [0.2, 0.25) is 0 Å². The highest BCUT2D eigenvalue weighted by Crippen LogP contribution is 2.30. The minimum Gasteiger partial charge on any atom is -0.340 e. The molecule has 1 aromatic carbocycles. The summed E-state index contributed by atoms with van der Waals surface area (Å²) in [7, 11) is 1.78. The molecular weight excluding hydrogens is 395 g/mol. The van der Waals surface area contributed by atoms with Crippen molar-refractivity contribution in [3.8, 4) is 11.1 Å². The number of carbonyl (C=O) groups excluding carboxylic acids is 1. The van der Waals surface area contributed by atoms with Crippen LogP contribution in [0.1, 0.15) is 23.9 Å². The number of aromatic nitrogens is 5. The second-order valence-electron chi connectivity index (χ2n) is 7.63. The Labute approximate surface area is 180 Å². The van der Waals surface area contributed by atoms with Gasteiger partial charge in [-0.2, -0.15) is 10.2 Å². The Morgan fingerprint density at radius 2 is 1.87 bits per heavy atom. The lowest BCUT2D eigenvalue weighted by atomic mass is 10.0. The van der Waals surface area contributed by atoms with E-state index < -0.39 is 0 Å². The summed E-state index contributed by atoms with van der Waals surface area (Å²) in [6.07, 6.45) is 3.50. The van der Waals surface area contributed by atoms with Gasteiger partial charge in [0.15, 0.2) is 5.65 Å². The number of aryl methyl sites for hydroxylation is 2. The number of fused-ring (bicyclic) bond motifs is 1. The summed E-state index contributed by atoms with van der Waals surface area (Å²) in [5.74, 6) is -0.350. The maximum atomic E-state index is 13.3. The number of rotatable bonds is 6. The summed E-state index contributed by atoms with van der Waals surface area (Å²) in [6, 6.07) is 8.22. The van der Waals surface area contributed by atoms with Gasteiger partial charge in [-0.25, -0.2) is 14.1 Å². The van der Waals surface area contributed by atoms with Gasteiger partial charge in [0.05, 0.1) is 11.9 Å². The molecule has 0 bridgehead atoms. The van der Waals surface area contributed by atoms with Gasteiger partial charge in [-0.05, 0) is 50.1 Å². The van der Waals surface area contributed by atoms with Crippen LogP contribution in [0.3, 0.4) is 0 Å². The van der Waals surface area contributed by atoms with E-state index in [1.54, 1.807) is 35.0 Å². The number of hydrogen-bond donors (Lipinski definition) is 0. The summed E-state index contributed by atoms with van der Waals surface area (Å²) in [4.78, 5) is 19.1. The highest BCUT2D eigenvalue weighted by atomic mass is 19.1. The fraction of sp³-hybridized carbons (Fsp3) is 0.304. The van der Waals surface area contributed by atoms with Crippen molar-refractivity contribution in [1.82, 2.24) is 29.4 Å². The molecule has 160 valence electrons. The first-order valence-electron chi connectivity index (χ1n) is 10.2. The molecule has 0 fully saturated rings. The van der Waals surface area contributed by atoms with E-state index in [0.29, 0.717) is 12.2 Å². The third-order valence-electron chi connectivity index (χ3n) is 5.59. The molecule has 0 unspecified atom stereocenters. The minimum atomic E-state index is -0.283. The Hall–Kier alpha value is -3.55. The van der Waals surface area contributed by atoms with Crippen LogP contribution in [0, 0.1) is 19.7 Å². The van der Waals surface area contributed by atoms with Crippen molar-refractivity contribution in [1.29, 1.82) is 0 Å². The summed E-state index contributed by atoms with van der Waals surface area (Å²) < 4.78 is 16.9. The van der Waals surface area contributed by atoms with E-state index in [9.17, 15) is 9.18 Å². The van der Waals surface area contributed by atoms with Crippen LogP contribution in [-0.4, -0.2) is 42.4 Å². The second-order valence-corrected chi connectivity index (χ2v) is 7.63. The second kappa shape index (κ2) is 8.29. The Kier molecular flexibility index (Phi) is 5.54. The predicted molar refractivity (Wildman–Crippen MR) is 117 cm³/mol. The van der Waals surface area contributed by atoms with E-state index in [-0.39, 0.29) is 18.3 Å². The van der Waals surface area contributed by atoms with E-state index >= 15 is 0 Å². The zero-order chi connectivity index (χ0) is 22.1. The lowest BCUT2D eigenvalue weighted by Crippen LogP contribution is -2.30. The SMILES string of the molecule is CCn1ncc(CN(C)C(=O)Cn2nc(C)c3c(-c4ccc(F)cc4)ccnc32)c1C. The molecule has 0 radical (unpaired) electrons. The van der Waals surface area contributed by atoms with Crippen molar-refractivity contribution in [3.05, 3.63) is 65.5 Å². The fourth-order valence-corrected chi connectivity index (χ4v) is 3.81. The van der Waals surface area contributed by atoms with Crippen LogP contribution < -0.4 is 0 Å². The smallest absolute Gasteiger partial charge is 0.244 e. The first-order valence-corrected chi connectivity index (χ1v) is 10.2. The number of halogens is 1. The summed E-state index contributed by atoms with van der Waals surface area (Å²) in [6.45, 7) is 7.31. The van der Waals surface area contributed by atoms with Crippen LogP contribution in [0.5, 0.6) is 0 Å². The van der Waals surface area contributed by atoms with Gasteiger partial charge in [0.25, 0.3) is 0 Å². The quantitative estimate of drug-likeness (QED) is 0.477. The van der Waals surface area contributed by atoms with Crippen LogP contribution in [0.15, 0.2) is 42.7 Å². The van der Waals surface area contributed by atoms with E-state index in [1.807, 2.05) is 37.7 Å². The Bertz CT molecular complexity index is 1240. The third kappa shape index (κ3) is 3.93. The van der Waals surface area contributed by atoms with Gasteiger partial charge in [0.1, 0.15) is 12.4 Å². The number of carbonyl (C=O) groups is 1. The normalized spacial score (nSPS) is 11.3. The highest BCUT2D eigenvalue weighted by molar-refractivity contribution is 5.95. The average Bonchev–Trinajstić information content (AvgIpc) is 3.28. The maximum absolute atomic E-state index is 13.3. The van der Waals surface area contributed by atoms with Gasteiger partial charge >= 0.3 is 0 Å². The maximum Gasteiger partial charge on any atom is 0.244 e. The van der Waals surface area contributed by atoms with Gasteiger partial charge in [-0.1, -0.05) is 12.1 Å². The largest absolute Gasteiger partial charge is 0.340 e. The predicted octanol–water partition coefficient (Wildman–Crippen LogP) is 3.73. The number of amides is 1. The van der Waals surface area contributed by atoms with Crippen molar-refractivity contribution >= 4 is 16.9 Å². The molecule has 4 aromatic rings. The molecule has 3 aromatic heterocycles. The van der Waals surface area contributed by atoms with E-state index in [1.165, 1.54) is 12.1 Å². The molecule has 7 nitrogen and oxygen atoms in total. The molecule has 1 amide bonds. The molecule has 0 N–H and O–H groups in total. The van der Waals surface area contributed by atoms with Gasteiger partial charge in [-0.3, -0.25) is 9.48 Å². The molecule has 0 aliphatic carbocycles. The first-order chi connectivity index (χ1) is 14.9. The van der Waals surface area contributed by atoms with Crippen molar-refractivity contribution in [2.24, 2.45) is 0 Å². The monoisotopic (exact) mass is 420 g/mol. The van der Waals surface area contributed by atoms with Crippen LogP contribution in [0.25, 0.3) is 22.2 Å². The molecule has 0 atom stereocenters. The lowest BCUT2D eigenvalue weighted by molar-refractivity contribution is -0.131. The van der Waals surface area contributed by atoms with Gasteiger partial charge < -0.3 is 4.90 Å². The van der Waals surface area contributed by atoms with Gasteiger partial charge in [-0.15, -0.1) is 0 Å². The van der Waals surface area contributed by atoms with Crippen molar-refractivity contribution in [2.75, 3.05) is 7.05 Å². The molecule has 4 rings (SSSR count). The Balaban J connectivity index is 1.60. The number of likely N-dealkylation sites (N-methyl/N-ethyl adjacent to an activating group) is 1. The topological polar surface area (TPSA) is 68.8 Å². The van der Waals surface area contributed by atoms with Crippen molar-refractivity contribution in [2.45, 2.75) is 40.4 Å². The molecule has 0 saturated carbocycles. The highest BCUT2D eigenvalue weighted by Gasteiger charge is 2.18. The summed E-state index contributed by atoms with van der Waals surface area (Å²) in [5, 5.41) is 9.79. The van der Waals surface area contributed by atoms with E-state index in [2.05, 4.69) is 15.2 Å². The van der Waals surface area contributed by atoms with Crippen molar-refractivity contribution in [3.63, 3.8) is 0 Å². The van der Waals surface area contributed by atoms with E-state index in [4.69, 9.17) is 0 Å². The fourth-order valence-electron chi connectivity index (χ4n) is 3.81. The molecule has 0 saturated heterocycles. The van der Waals surface area contributed by atoms with Crippen molar-refractivity contribution < 1.29 is 9.18 Å². The number of pyridine rings is 1. The summed E-state index contributed by atoms with van der Waals surface area (Å²) in [5.41, 5.74) is 5.29. The molecule has 31 heavy (non-hydrogen) atoms. The number of hydrogen-bond acceptors (Lipinski definition) is 4. The molecule has 8 heteroatoms. The molecular formula is C23H25FN6O. The van der Waals surface area contributed by atoms with Crippen LogP contribution in [-0.2, 0) is 24.4 Å². The standard InChI is InChI=1S/C23H25FN6O/c1-5-29-16(3)18(12-26-29)13-28(4)21(31)14-30-23-22(15(2)27-30)20(10-11-25-23)17-6-8-19(24)9-7-17/h6-12H,5,13-14H2,1-4H3. The van der Waals surface area contributed by atoms with Crippen LogP contribution in [0.4, 0.5) is 4.39 Å². The number of benzene rings is 1. The zero-order valence-corrected chi connectivity index (χ0v) is 18.1. The number of nitrogens with zero attached hydrogens (tertiary/aromatic N) is 6.